The van der Waals surface area contributed by atoms with Crippen molar-refractivity contribution < 1.29 is 0 Å². The third-order valence-corrected chi connectivity index (χ3v) is 12.2. The van der Waals surface area contributed by atoms with Crippen LogP contribution in [0.5, 0.6) is 0 Å². The second-order valence-electron chi connectivity index (χ2n) is 15.8. The van der Waals surface area contributed by atoms with E-state index in [1.807, 2.05) is 0 Å². The molecule has 0 unspecified atom stereocenters. The molecule has 10 aromatic carbocycles. The second-order valence-corrected chi connectivity index (χ2v) is 15.8. The lowest BCUT2D eigenvalue weighted by Crippen LogP contribution is -2.10. The fourth-order valence-corrected chi connectivity index (χ4v) is 9.52. The van der Waals surface area contributed by atoms with Crippen molar-refractivity contribution in [1.29, 1.82) is 0 Å². The Morgan fingerprint density at radius 3 is 1.41 bits per heavy atom. The van der Waals surface area contributed by atoms with Gasteiger partial charge in [-0.05, 0) is 99.4 Å². The van der Waals surface area contributed by atoms with E-state index >= 15 is 0 Å². The van der Waals surface area contributed by atoms with Gasteiger partial charge in [-0.1, -0.05) is 170 Å². The highest BCUT2D eigenvalue weighted by atomic mass is 15.1. The first-order valence-electron chi connectivity index (χ1n) is 20.9. The van der Waals surface area contributed by atoms with Crippen molar-refractivity contribution in [1.82, 2.24) is 9.13 Å². The van der Waals surface area contributed by atoms with Crippen molar-refractivity contribution >= 4 is 71.3 Å². The molecule has 0 fully saturated rings. The van der Waals surface area contributed by atoms with Crippen LogP contribution in [0.15, 0.2) is 237 Å². The molecule has 12 aromatic rings. The van der Waals surface area contributed by atoms with Gasteiger partial charge in [-0.2, -0.15) is 0 Å². The quantitative estimate of drug-likeness (QED) is 0.157. The Morgan fingerprint density at radius 1 is 0.295 bits per heavy atom. The lowest BCUT2D eigenvalue weighted by atomic mass is 9.98. The average Bonchev–Trinajstić information content (AvgIpc) is 3.86. The average molecular weight is 778 g/mol. The van der Waals surface area contributed by atoms with Crippen LogP contribution in [-0.4, -0.2) is 9.13 Å². The zero-order valence-electron chi connectivity index (χ0n) is 33.4. The third kappa shape index (κ3) is 5.74. The number of hydrogen-bond donors (Lipinski definition) is 0. The number of aromatic nitrogens is 2. The van der Waals surface area contributed by atoms with Gasteiger partial charge in [-0.3, -0.25) is 0 Å². The van der Waals surface area contributed by atoms with E-state index in [0.29, 0.717) is 0 Å². The van der Waals surface area contributed by atoms with Crippen LogP contribution in [0.2, 0.25) is 0 Å². The predicted octanol–water partition coefficient (Wildman–Crippen LogP) is 15.8. The molecule has 3 nitrogen and oxygen atoms in total. The predicted molar refractivity (Wildman–Crippen MR) is 258 cm³/mol. The lowest BCUT2D eigenvalue weighted by Gasteiger charge is -2.26. The van der Waals surface area contributed by atoms with Crippen LogP contribution in [0.4, 0.5) is 17.1 Å². The molecule has 0 aliphatic heterocycles. The molecule has 0 aliphatic rings. The fraction of sp³-hybridized carbons (Fsp3) is 0. The summed E-state index contributed by atoms with van der Waals surface area (Å²) in [6, 6.07) is 86.0. The SMILES string of the molecule is c1ccc(-c2c(-c3ccccc3)n(-c3ccccc3)c3c2ccc2c4ccccc4n(-c4ccc(N(c5ccc6ccccc6c5)c5ccc6ccccc6c5)cc4)c23)cc1. The maximum Gasteiger partial charge on any atom is 0.0789 e. The van der Waals surface area contributed by atoms with Crippen LogP contribution < -0.4 is 4.90 Å². The van der Waals surface area contributed by atoms with Crippen molar-refractivity contribution in [3.8, 4) is 33.8 Å². The first-order chi connectivity index (χ1) is 30.3. The van der Waals surface area contributed by atoms with Gasteiger partial charge in [0.2, 0.25) is 0 Å². The van der Waals surface area contributed by atoms with Gasteiger partial charge in [0, 0.05) is 50.2 Å². The summed E-state index contributed by atoms with van der Waals surface area (Å²) in [4.78, 5) is 2.38. The zero-order valence-corrected chi connectivity index (χ0v) is 33.4. The Kier molecular flexibility index (Phi) is 8.17. The molecule has 3 heteroatoms. The summed E-state index contributed by atoms with van der Waals surface area (Å²) in [6.45, 7) is 0. The van der Waals surface area contributed by atoms with E-state index in [2.05, 4.69) is 251 Å². The number of anilines is 3. The van der Waals surface area contributed by atoms with Gasteiger partial charge < -0.3 is 14.0 Å². The second kappa shape index (κ2) is 14.3. The van der Waals surface area contributed by atoms with Crippen LogP contribution in [0, 0.1) is 0 Å². The minimum absolute atomic E-state index is 1.09. The monoisotopic (exact) mass is 777 g/mol. The molecular weight excluding hydrogens is 739 g/mol. The first-order valence-corrected chi connectivity index (χ1v) is 20.9. The highest BCUT2D eigenvalue weighted by Gasteiger charge is 2.26. The van der Waals surface area contributed by atoms with E-state index in [0.717, 1.165) is 28.4 Å². The summed E-state index contributed by atoms with van der Waals surface area (Å²) in [7, 11) is 0. The largest absolute Gasteiger partial charge is 0.310 e. The number of benzene rings is 10. The molecule has 0 spiro atoms. The van der Waals surface area contributed by atoms with Crippen LogP contribution in [-0.2, 0) is 0 Å². The molecule has 2 aromatic heterocycles. The third-order valence-electron chi connectivity index (χ3n) is 12.2. The van der Waals surface area contributed by atoms with E-state index in [-0.39, 0.29) is 0 Å². The number of rotatable bonds is 7. The summed E-state index contributed by atoms with van der Waals surface area (Å²) >= 11 is 0. The van der Waals surface area contributed by atoms with Crippen LogP contribution >= 0.6 is 0 Å². The molecule has 286 valence electrons. The molecule has 0 amide bonds. The summed E-state index contributed by atoms with van der Waals surface area (Å²) < 4.78 is 4.98. The Morgan fingerprint density at radius 2 is 0.770 bits per heavy atom. The Bertz CT molecular complexity index is 3480. The molecule has 0 saturated carbocycles. The van der Waals surface area contributed by atoms with Gasteiger partial charge in [-0.25, -0.2) is 0 Å². The molecule has 0 atom stereocenters. The van der Waals surface area contributed by atoms with Gasteiger partial charge in [-0.15, -0.1) is 0 Å². The highest BCUT2D eigenvalue weighted by Crippen LogP contribution is 2.47. The first kappa shape index (κ1) is 34.9. The van der Waals surface area contributed by atoms with Crippen LogP contribution in [0.25, 0.3) is 88.0 Å². The fourth-order valence-electron chi connectivity index (χ4n) is 9.52. The molecule has 0 aliphatic carbocycles. The van der Waals surface area contributed by atoms with Gasteiger partial charge in [0.15, 0.2) is 0 Å². The smallest absolute Gasteiger partial charge is 0.0789 e. The van der Waals surface area contributed by atoms with E-state index in [4.69, 9.17) is 0 Å². The number of fused-ring (bicyclic) bond motifs is 7. The Balaban J connectivity index is 1.13. The maximum absolute atomic E-state index is 2.50. The minimum Gasteiger partial charge on any atom is -0.310 e. The van der Waals surface area contributed by atoms with Crippen molar-refractivity contribution in [3.05, 3.63) is 237 Å². The summed E-state index contributed by atoms with van der Waals surface area (Å²) in [5.74, 6) is 0. The van der Waals surface area contributed by atoms with E-state index < -0.39 is 0 Å². The molecule has 0 saturated heterocycles. The normalized spacial score (nSPS) is 11.6. The van der Waals surface area contributed by atoms with Crippen molar-refractivity contribution in [2.75, 3.05) is 4.90 Å². The van der Waals surface area contributed by atoms with Gasteiger partial charge in [0.05, 0.1) is 22.2 Å². The van der Waals surface area contributed by atoms with Crippen LogP contribution in [0.3, 0.4) is 0 Å². The van der Waals surface area contributed by atoms with Crippen molar-refractivity contribution in [2.45, 2.75) is 0 Å². The molecule has 0 radical (unpaired) electrons. The molecule has 61 heavy (non-hydrogen) atoms. The summed E-state index contributed by atoms with van der Waals surface area (Å²) in [5, 5.41) is 8.52. The number of hydrogen-bond acceptors (Lipinski definition) is 1. The van der Waals surface area contributed by atoms with E-state index in [1.54, 1.807) is 0 Å². The molecule has 2 heterocycles. The van der Waals surface area contributed by atoms with Gasteiger partial charge in [0.25, 0.3) is 0 Å². The number of para-hydroxylation sites is 2. The Labute approximate surface area is 354 Å². The lowest BCUT2D eigenvalue weighted by molar-refractivity contribution is 1.12. The summed E-state index contributed by atoms with van der Waals surface area (Å²) in [5.41, 5.74) is 13.8. The number of nitrogens with zero attached hydrogens (tertiary/aromatic N) is 3. The zero-order chi connectivity index (χ0) is 40.3. The van der Waals surface area contributed by atoms with Gasteiger partial charge >= 0.3 is 0 Å². The topological polar surface area (TPSA) is 13.1 Å². The van der Waals surface area contributed by atoms with Crippen LogP contribution in [0.1, 0.15) is 0 Å². The van der Waals surface area contributed by atoms with E-state index in [1.165, 1.54) is 76.6 Å². The van der Waals surface area contributed by atoms with Crippen molar-refractivity contribution in [3.63, 3.8) is 0 Å². The van der Waals surface area contributed by atoms with Gasteiger partial charge in [0.1, 0.15) is 0 Å². The minimum atomic E-state index is 1.09. The standard InChI is InChI=1S/C58H39N3/c1-4-18-42(19-5-1)55-53-37-36-52-51-26-14-15-27-54(51)60(57(52)58(53)61(46-24-8-3-9-25-46)56(55)43-20-6-2-7-21-43)48-34-32-47(33-35-48)59(49-30-28-40-16-10-12-22-44(40)38-49)50-31-29-41-17-11-13-23-45(41)39-50/h1-39H. The molecular formula is C58H39N3. The molecule has 12 rings (SSSR count). The molecule has 0 N–H and O–H groups in total. The maximum atomic E-state index is 2.50. The van der Waals surface area contributed by atoms with E-state index in [9.17, 15) is 0 Å². The summed E-state index contributed by atoms with van der Waals surface area (Å²) in [6.07, 6.45) is 0. The Hall–Kier alpha value is -8.14. The highest BCUT2D eigenvalue weighted by molar-refractivity contribution is 6.22. The van der Waals surface area contributed by atoms with Crippen molar-refractivity contribution in [2.24, 2.45) is 0 Å². The molecule has 0 bridgehead atoms.